The summed E-state index contributed by atoms with van der Waals surface area (Å²) < 4.78 is 5.46. The molecule has 0 saturated carbocycles. The molecule has 5 nitrogen and oxygen atoms in total. The van der Waals surface area contributed by atoms with Gasteiger partial charge in [-0.15, -0.1) is 11.3 Å². The summed E-state index contributed by atoms with van der Waals surface area (Å²) in [5.74, 6) is 0.553. The van der Waals surface area contributed by atoms with Crippen LogP contribution in [0.5, 0.6) is 0 Å². The number of nitrogens with zero attached hydrogens (tertiary/aromatic N) is 2. The first-order valence-electron chi connectivity index (χ1n) is 6.96. The lowest BCUT2D eigenvalue weighted by atomic mass is 10.2. The summed E-state index contributed by atoms with van der Waals surface area (Å²) in [6, 6.07) is -0.0699. The van der Waals surface area contributed by atoms with Crippen LogP contribution in [-0.4, -0.2) is 42.7 Å². The fourth-order valence-electron chi connectivity index (χ4n) is 1.62. The van der Waals surface area contributed by atoms with Gasteiger partial charge in [0, 0.05) is 32.2 Å². The Kier molecular flexibility index (Phi) is 7.54. The number of carbonyl (C=O) groups is 1. The first kappa shape index (κ1) is 16.9. The van der Waals surface area contributed by atoms with Crippen molar-refractivity contribution >= 4 is 17.4 Å². The lowest BCUT2D eigenvalue weighted by molar-refractivity contribution is 0.108. The Morgan fingerprint density at radius 1 is 1.55 bits per heavy atom. The highest BCUT2D eigenvalue weighted by Gasteiger charge is 2.09. The molecule has 0 fully saturated rings. The Balaban J connectivity index is 2.12. The van der Waals surface area contributed by atoms with Gasteiger partial charge < -0.3 is 15.0 Å². The SMILES string of the molecule is Cc1nc(CN(C)C(=O)NCCCOCC(C)C)cs1. The number of amides is 2. The summed E-state index contributed by atoms with van der Waals surface area (Å²) in [6.07, 6.45) is 0.835. The molecular formula is C14H25N3O2S. The van der Waals surface area contributed by atoms with E-state index in [-0.39, 0.29) is 6.03 Å². The number of ether oxygens (including phenoxy) is 1. The highest BCUT2D eigenvalue weighted by molar-refractivity contribution is 7.09. The molecule has 6 heteroatoms. The lowest BCUT2D eigenvalue weighted by Crippen LogP contribution is -2.37. The van der Waals surface area contributed by atoms with E-state index in [1.165, 1.54) is 0 Å². The monoisotopic (exact) mass is 299 g/mol. The fourth-order valence-corrected chi connectivity index (χ4v) is 2.22. The van der Waals surface area contributed by atoms with Crippen molar-refractivity contribution in [1.82, 2.24) is 15.2 Å². The van der Waals surface area contributed by atoms with Crippen LogP contribution < -0.4 is 5.32 Å². The molecule has 0 spiro atoms. The molecule has 0 aliphatic carbocycles. The van der Waals surface area contributed by atoms with Crippen molar-refractivity contribution in [2.75, 3.05) is 26.8 Å². The minimum absolute atomic E-state index is 0.0699. The molecule has 20 heavy (non-hydrogen) atoms. The van der Waals surface area contributed by atoms with Crippen LogP contribution in [0.2, 0.25) is 0 Å². The predicted molar refractivity (Wildman–Crippen MR) is 82.0 cm³/mol. The topological polar surface area (TPSA) is 54.5 Å². The van der Waals surface area contributed by atoms with Crippen molar-refractivity contribution in [2.24, 2.45) is 5.92 Å². The first-order valence-corrected chi connectivity index (χ1v) is 7.84. The number of thiazole rings is 1. The number of carbonyl (C=O) groups excluding carboxylic acids is 1. The molecule has 1 aromatic rings. The van der Waals surface area contributed by atoms with Gasteiger partial charge in [-0.25, -0.2) is 9.78 Å². The smallest absolute Gasteiger partial charge is 0.317 e. The number of urea groups is 1. The Hall–Kier alpha value is -1.14. The second-order valence-electron chi connectivity index (χ2n) is 5.27. The summed E-state index contributed by atoms with van der Waals surface area (Å²) >= 11 is 1.60. The van der Waals surface area contributed by atoms with Crippen LogP contribution >= 0.6 is 11.3 Å². The summed E-state index contributed by atoms with van der Waals surface area (Å²) in [7, 11) is 1.78. The summed E-state index contributed by atoms with van der Waals surface area (Å²) in [5, 5.41) is 5.89. The molecule has 1 rings (SSSR count). The maximum absolute atomic E-state index is 11.8. The quantitative estimate of drug-likeness (QED) is 0.751. The Morgan fingerprint density at radius 2 is 2.30 bits per heavy atom. The third-order valence-corrected chi connectivity index (χ3v) is 3.43. The highest BCUT2D eigenvalue weighted by atomic mass is 32.1. The van der Waals surface area contributed by atoms with Crippen LogP contribution in [0.3, 0.4) is 0 Å². The number of hydrogen-bond acceptors (Lipinski definition) is 4. The highest BCUT2D eigenvalue weighted by Crippen LogP contribution is 2.09. The van der Waals surface area contributed by atoms with Crippen LogP contribution in [-0.2, 0) is 11.3 Å². The van der Waals surface area contributed by atoms with Gasteiger partial charge >= 0.3 is 6.03 Å². The molecule has 0 bridgehead atoms. The fraction of sp³-hybridized carbons (Fsp3) is 0.714. The van der Waals surface area contributed by atoms with Crippen LogP contribution in [0.25, 0.3) is 0 Å². The van der Waals surface area contributed by atoms with Gasteiger partial charge in [0.1, 0.15) is 0 Å². The number of hydrogen-bond donors (Lipinski definition) is 1. The van der Waals surface area contributed by atoms with Gasteiger partial charge in [0.25, 0.3) is 0 Å². The normalized spacial score (nSPS) is 10.8. The number of rotatable bonds is 8. The minimum Gasteiger partial charge on any atom is -0.381 e. The van der Waals surface area contributed by atoms with E-state index < -0.39 is 0 Å². The summed E-state index contributed by atoms with van der Waals surface area (Å²) in [4.78, 5) is 17.8. The van der Waals surface area contributed by atoms with Gasteiger partial charge in [-0.3, -0.25) is 0 Å². The van der Waals surface area contributed by atoms with E-state index in [1.807, 2.05) is 12.3 Å². The second kappa shape index (κ2) is 8.92. The molecule has 0 aliphatic rings. The van der Waals surface area contributed by atoms with Crippen LogP contribution in [0.4, 0.5) is 4.79 Å². The van der Waals surface area contributed by atoms with Gasteiger partial charge in [0.2, 0.25) is 0 Å². The van der Waals surface area contributed by atoms with Crippen molar-refractivity contribution in [3.05, 3.63) is 16.1 Å². The van der Waals surface area contributed by atoms with E-state index in [1.54, 1.807) is 23.3 Å². The second-order valence-corrected chi connectivity index (χ2v) is 6.33. The maximum atomic E-state index is 11.8. The lowest BCUT2D eigenvalue weighted by Gasteiger charge is -2.16. The van der Waals surface area contributed by atoms with Gasteiger partial charge in [-0.05, 0) is 19.3 Å². The molecule has 2 amide bonds. The van der Waals surface area contributed by atoms with Crippen LogP contribution in [0.1, 0.15) is 31.0 Å². The van der Waals surface area contributed by atoms with Crippen molar-refractivity contribution in [2.45, 2.75) is 33.7 Å². The molecule has 0 aromatic carbocycles. The van der Waals surface area contributed by atoms with Crippen molar-refractivity contribution in [1.29, 1.82) is 0 Å². The number of aromatic nitrogens is 1. The molecule has 114 valence electrons. The largest absolute Gasteiger partial charge is 0.381 e. The number of aryl methyl sites for hydroxylation is 1. The number of nitrogens with one attached hydrogen (secondary N) is 1. The van der Waals surface area contributed by atoms with E-state index >= 15 is 0 Å². The molecule has 1 aromatic heterocycles. The Labute approximate surface area is 125 Å². The van der Waals surface area contributed by atoms with Gasteiger partial charge in [0.05, 0.1) is 17.2 Å². The van der Waals surface area contributed by atoms with E-state index in [4.69, 9.17) is 4.74 Å². The van der Waals surface area contributed by atoms with E-state index in [0.717, 1.165) is 23.7 Å². The van der Waals surface area contributed by atoms with E-state index in [0.29, 0.717) is 25.6 Å². The molecule has 0 unspecified atom stereocenters. The maximum Gasteiger partial charge on any atom is 0.317 e. The molecule has 1 N–H and O–H groups in total. The Bertz CT molecular complexity index is 407. The van der Waals surface area contributed by atoms with Crippen molar-refractivity contribution in [3.63, 3.8) is 0 Å². The first-order chi connectivity index (χ1) is 9.49. The average Bonchev–Trinajstić information content (AvgIpc) is 2.78. The third-order valence-electron chi connectivity index (χ3n) is 2.61. The summed E-state index contributed by atoms with van der Waals surface area (Å²) in [5.41, 5.74) is 0.936. The zero-order valence-electron chi connectivity index (χ0n) is 12.8. The van der Waals surface area contributed by atoms with Crippen LogP contribution in [0.15, 0.2) is 5.38 Å². The summed E-state index contributed by atoms with van der Waals surface area (Å²) in [6.45, 7) is 8.85. The molecule has 0 atom stereocenters. The van der Waals surface area contributed by atoms with E-state index in [9.17, 15) is 4.79 Å². The van der Waals surface area contributed by atoms with Crippen LogP contribution in [0, 0.1) is 12.8 Å². The van der Waals surface area contributed by atoms with E-state index in [2.05, 4.69) is 24.1 Å². The zero-order chi connectivity index (χ0) is 15.0. The standard InChI is InChI=1S/C14H25N3O2S/c1-11(2)9-19-7-5-6-15-14(18)17(4)8-13-10-20-12(3)16-13/h10-11H,5-9H2,1-4H3,(H,15,18). The predicted octanol–water partition coefficient (Wildman–Crippen LogP) is 2.66. The average molecular weight is 299 g/mol. The van der Waals surface area contributed by atoms with Gasteiger partial charge in [0.15, 0.2) is 0 Å². The molecule has 0 saturated heterocycles. The van der Waals surface area contributed by atoms with Crippen molar-refractivity contribution in [3.8, 4) is 0 Å². The molecular weight excluding hydrogens is 274 g/mol. The molecule has 0 radical (unpaired) electrons. The Morgan fingerprint density at radius 3 is 2.90 bits per heavy atom. The van der Waals surface area contributed by atoms with Crippen molar-refractivity contribution < 1.29 is 9.53 Å². The third kappa shape index (κ3) is 6.86. The van der Waals surface area contributed by atoms with Gasteiger partial charge in [-0.1, -0.05) is 13.8 Å². The van der Waals surface area contributed by atoms with Gasteiger partial charge in [-0.2, -0.15) is 0 Å². The molecule has 1 heterocycles. The zero-order valence-corrected chi connectivity index (χ0v) is 13.6. The molecule has 0 aliphatic heterocycles. The minimum atomic E-state index is -0.0699.